The molecular weight excluding hydrogens is 234 g/mol. The molecule has 2 aromatic rings. The minimum absolute atomic E-state index is 0.194. The van der Waals surface area contributed by atoms with Crippen LogP contribution in [0.2, 0.25) is 5.02 Å². The summed E-state index contributed by atoms with van der Waals surface area (Å²) >= 11 is 6.00. The third-order valence-corrected chi connectivity index (χ3v) is 3.02. The van der Waals surface area contributed by atoms with Crippen LogP contribution in [0.25, 0.3) is 5.65 Å². The standard InChI is InChI=1S/C13H14ClN3/c1-8(2)12-13(9(3)6-15)17-7-10(14)4-5-11(17)16-12/h4-5,7-9H,1-3H3. The van der Waals surface area contributed by atoms with Gasteiger partial charge in [0.15, 0.2) is 0 Å². The fourth-order valence-electron chi connectivity index (χ4n) is 1.97. The van der Waals surface area contributed by atoms with Crippen LogP contribution in [0.15, 0.2) is 18.3 Å². The van der Waals surface area contributed by atoms with Crippen LogP contribution in [0.1, 0.15) is 44.0 Å². The van der Waals surface area contributed by atoms with E-state index in [-0.39, 0.29) is 5.92 Å². The van der Waals surface area contributed by atoms with Crippen molar-refractivity contribution in [2.75, 3.05) is 0 Å². The maximum absolute atomic E-state index is 9.12. The Labute approximate surface area is 106 Å². The Kier molecular flexibility index (Phi) is 3.08. The largest absolute Gasteiger partial charge is 0.301 e. The minimum atomic E-state index is -0.194. The maximum atomic E-state index is 9.12. The number of nitrogens with zero attached hydrogens (tertiary/aromatic N) is 3. The summed E-state index contributed by atoms with van der Waals surface area (Å²) < 4.78 is 1.92. The summed E-state index contributed by atoms with van der Waals surface area (Å²) in [4.78, 5) is 4.58. The zero-order valence-corrected chi connectivity index (χ0v) is 10.9. The van der Waals surface area contributed by atoms with E-state index in [1.54, 1.807) is 0 Å². The first kappa shape index (κ1) is 11.9. The topological polar surface area (TPSA) is 41.1 Å². The first-order chi connectivity index (χ1) is 8.04. The van der Waals surface area contributed by atoms with Gasteiger partial charge < -0.3 is 4.40 Å². The van der Waals surface area contributed by atoms with Gasteiger partial charge in [-0.25, -0.2) is 4.98 Å². The summed E-state index contributed by atoms with van der Waals surface area (Å²) in [5.74, 6) is 0.0975. The van der Waals surface area contributed by atoms with Crippen LogP contribution in [0.3, 0.4) is 0 Å². The van der Waals surface area contributed by atoms with Crippen molar-refractivity contribution in [1.82, 2.24) is 9.38 Å². The molecule has 3 nitrogen and oxygen atoms in total. The van der Waals surface area contributed by atoms with Crippen molar-refractivity contribution in [1.29, 1.82) is 5.26 Å². The molecule has 4 heteroatoms. The van der Waals surface area contributed by atoms with E-state index >= 15 is 0 Å². The van der Waals surface area contributed by atoms with Crippen LogP contribution in [0.4, 0.5) is 0 Å². The van der Waals surface area contributed by atoms with Crippen LogP contribution in [0, 0.1) is 11.3 Å². The summed E-state index contributed by atoms with van der Waals surface area (Å²) in [6.07, 6.45) is 1.82. The van der Waals surface area contributed by atoms with E-state index < -0.39 is 0 Å². The molecule has 2 heterocycles. The molecule has 0 aliphatic carbocycles. The Morgan fingerprint density at radius 2 is 2.06 bits per heavy atom. The van der Waals surface area contributed by atoms with E-state index in [0.717, 1.165) is 17.0 Å². The molecule has 0 bridgehead atoms. The third kappa shape index (κ3) is 2.01. The van der Waals surface area contributed by atoms with Crippen LogP contribution < -0.4 is 0 Å². The first-order valence-electron chi connectivity index (χ1n) is 5.61. The number of halogens is 1. The number of pyridine rings is 1. The Morgan fingerprint density at radius 3 is 2.65 bits per heavy atom. The van der Waals surface area contributed by atoms with Gasteiger partial charge in [0.1, 0.15) is 5.65 Å². The van der Waals surface area contributed by atoms with Crippen molar-refractivity contribution >= 4 is 17.2 Å². The molecule has 0 aromatic carbocycles. The molecule has 0 aliphatic heterocycles. The maximum Gasteiger partial charge on any atom is 0.137 e. The molecular formula is C13H14ClN3. The Hall–Kier alpha value is -1.53. The second kappa shape index (κ2) is 4.38. The highest BCUT2D eigenvalue weighted by Gasteiger charge is 2.19. The SMILES string of the molecule is CC(C)c1nc2ccc(Cl)cn2c1C(C)C#N. The Balaban J connectivity index is 2.78. The number of hydrogen-bond donors (Lipinski definition) is 0. The van der Waals surface area contributed by atoms with Gasteiger partial charge >= 0.3 is 0 Å². The summed E-state index contributed by atoms with van der Waals surface area (Å²) in [5, 5.41) is 9.77. The lowest BCUT2D eigenvalue weighted by molar-refractivity contribution is 0.783. The molecule has 0 aliphatic rings. The van der Waals surface area contributed by atoms with Gasteiger partial charge in [0, 0.05) is 6.20 Å². The number of imidazole rings is 1. The summed E-state index contributed by atoms with van der Waals surface area (Å²) in [6.45, 7) is 6.05. The molecule has 1 unspecified atom stereocenters. The van der Waals surface area contributed by atoms with Crippen molar-refractivity contribution < 1.29 is 0 Å². The Bertz CT molecular complexity index is 592. The van der Waals surface area contributed by atoms with Gasteiger partial charge in [-0.3, -0.25) is 0 Å². The van der Waals surface area contributed by atoms with Crippen LogP contribution >= 0.6 is 11.6 Å². The molecule has 1 atom stereocenters. The molecule has 0 spiro atoms. The minimum Gasteiger partial charge on any atom is -0.301 e. The Morgan fingerprint density at radius 1 is 1.35 bits per heavy atom. The van der Waals surface area contributed by atoms with E-state index in [4.69, 9.17) is 16.9 Å². The van der Waals surface area contributed by atoms with Crippen LogP contribution in [-0.2, 0) is 0 Å². The number of rotatable bonds is 2. The highest BCUT2D eigenvalue weighted by Crippen LogP contribution is 2.27. The average Bonchev–Trinajstić information content (AvgIpc) is 2.66. The smallest absolute Gasteiger partial charge is 0.137 e. The van der Waals surface area contributed by atoms with Crippen molar-refractivity contribution in [3.8, 4) is 6.07 Å². The fraction of sp³-hybridized carbons (Fsp3) is 0.385. The van der Waals surface area contributed by atoms with Gasteiger partial charge in [-0.1, -0.05) is 25.4 Å². The van der Waals surface area contributed by atoms with Gasteiger partial charge in [0.05, 0.1) is 28.4 Å². The molecule has 2 aromatic heterocycles. The molecule has 2 rings (SSSR count). The average molecular weight is 248 g/mol. The lowest BCUT2D eigenvalue weighted by Crippen LogP contribution is -2.01. The summed E-state index contributed by atoms with van der Waals surface area (Å²) in [6, 6.07) is 5.96. The zero-order valence-electron chi connectivity index (χ0n) is 10.1. The van der Waals surface area contributed by atoms with E-state index in [0.29, 0.717) is 10.9 Å². The van der Waals surface area contributed by atoms with Crippen molar-refractivity contribution in [2.45, 2.75) is 32.6 Å². The highest BCUT2D eigenvalue weighted by molar-refractivity contribution is 6.30. The molecule has 0 saturated heterocycles. The van der Waals surface area contributed by atoms with E-state index in [2.05, 4.69) is 24.9 Å². The molecule has 0 N–H and O–H groups in total. The summed E-state index contributed by atoms with van der Waals surface area (Å²) in [7, 11) is 0. The predicted octanol–water partition coefficient (Wildman–Crippen LogP) is 3.74. The number of fused-ring (bicyclic) bond motifs is 1. The van der Waals surface area contributed by atoms with E-state index in [1.807, 2.05) is 29.7 Å². The number of aromatic nitrogens is 2. The third-order valence-electron chi connectivity index (χ3n) is 2.80. The molecule has 0 amide bonds. The first-order valence-corrected chi connectivity index (χ1v) is 5.99. The highest BCUT2D eigenvalue weighted by atomic mass is 35.5. The van der Waals surface area contributed by atoms with Crippen LogP contribution in [0.5, 0.6) is 0 Å². The second-order valence-electron chi connectivity index (χ2n) is 4.46. The quantitative estimate of drug-likeness (QED) is 0.811. The number of hydrogen-bond acceptors (Lipinski definition) is 2. The van der Waals surface area contributed by atoms with E-state index in [1.165, 1.54) is 0 Å². The lowest BCUT2D eigenvalue weighted by atomic mass is 10.0. The van der Waals surface area contributed by atoms with Gasteiger partial charge in [-0.2, -0.15) is 5.26 Å². The van der Waals surface area contributed by atoms with Gasteiger partial charge in [-0.15, -0.1) is 0 Å². The number of nitriles is 1. The van der Waals surface area contributed by atoms with Crippen LogP contribution in [-0.4, -0.2) is 9.38 Å². The molecule has 0 saturated carbocycles. The molecule has 17 heavy (non-hydrogen) atoms. The van der Waals surface area contributed by atoms with Crippen molar-refractivity contribution in [3.05, 3.63) is 34.7 Å². The second-order valence-corrected chi connectivity index (χ2v) is 4.90. The normalized spacial score (nSPS) is 12.9. The molecule has 0 fully saturated rings. The van der Waals surface area contributed by atoms with Gasteiger partial charge in [0.2, 0.25) is 0 Å². The van der Waals surface area contributed by atoms with Gasteiger partial charge in [0.25, 0.3) is 0 Å². The fourth-order valence-corrected chi connectivity index (χ4v) is 2.13. The zero-order chi connectivity index (χ0) is 12.6. The van der Waals surface area contributed by atoms with Crippen molar-refractivity contribution in [3.63, 3.8) is 0 Å². The van der Waals surface area contributed by atoms with Crippen molar-refractivity contribution in [2.24, 2.45) is 0 Å². The molecule has 88 valence electrons. The lowest BCUT2D eigenvalue weighted by Gasteiger charge is -2.08. The molecule has 0 radical (unpaired) electrons. The monoisotopic (exact) mass is 247 g/mol. The van der Waals surface area contributed by atoms with Gasteiger partial charge in [-0.05, 0) is 25.0 Å². The predicted molar refractivity (Wildman–Crippen MR) is 68.3 cm³/mol. The summed E-state index contributed by atoms with van der Waals surface area (Å²) in [5.41, 5.74) is 2.76. The van der Waals surface area contributed by atoms with E-state index in [9.17, 15) is 0 Å².